The fourth-order valence-electron chi connectivity index (χ4n) is 1.80. The van der Waals surface area contributed by atoms with Crippen molar-refractivity contribution < 1.29 is 0 Å². The van der Waals surface area contributed by atoms with Crippen LogP contribution in [-0.4, -0.2) is 7.05 Å². The third-order valence-electron chi connectivity index (χ3n) is 2.63. The number of benzene rings is 1. The molecule has 84 valence electrons. The minimum atomic E-state index is 0.956. The summed E-state index contributed by atoms with van der Waals surface area (Å²) in [6, 6.07) is 11.0. The molecule has 0 bridgehead atoms. The minimum Gasteiger partial charge on any atom is -0.315 e. The van der Waals surface area contributed by atoms with E-state index in [4.69, 9.17) is 0 Å². The highest BCUT2D eigenvalue weighted by atomic mass is 32.1. The second kappa shape index (κ2) is 4.81. The van der Waals surface area contributed by atoms with Crippen LogP contribution in [-0.2, 0) is 6.54 Å². The van der Waals surface area contributed by atoms with Gasteiger partial charge < -0.3 is 5.32 Å². The summed E-state index contributed by atoms with van der Waals surface area (Å²) in [7, 11) is 1.99. The maximum Gasteiger partial charge on any atom is 0.0375 e. The van der Waals surface area contributed by atoms with Gasteiger partial charge in [0.2, 0.25) is 0 Å². The summed E-state index contributed by atoms with van der Waals surface area (Å²) in [5.41, 5.74) is 4.02. The third kappa shape index (κ3) is 2.34. The zero-order valence-electron chi connectivity index (χ0n) is 10.0. The Hall–Kier alpha value is -1.12. The summed E-state index contributed by atoms with van der Waals surface area (Å²) in [6.07, 6.45) is 0. The van der Waals surface area contributed by atoms with Crippen molar-refractivity contribution in [2.45, 2.75) is 20.4 Å². The maximum absolute atomic E-state index is 3.20. The molecule has 1 aromatic heterocycles. The second-order valence-corrected chi connectivity index (χ2v) is 5.26. The Morgan fingerprint density at radius 2 is 1.81 bits per heavy atom. The smallest absolute Gasteiger partial charge is 0.0375 e. The number of hydrogen-bond donors (Lipinski definition) is 1. The van der Waals surface area contributed by atoms with Crippen LogP contribution in [0.1, 0.15) is 16.0 Å². The summed E-state index contributed by atoms with van der Waals surface area (Å²) in [6.45, 7) is 5.26. The number of hydrogen-bond acceptors (Lipinski definition) is 2. The van der Waals surface area contributed by atoms with Gasteiger partial charge in [-0.1, -0.05) is 29.8 Å². The van der Waals surface area contributed by atoms with Gasteiger partial charge in [-0.3, -0.25) is 0 Å². The third-order valence-corrected chi connectivity index (χ3v) is 3.92. The molecule has 0 aliphatic heterocycles. The second-order valence-electron chi connectivity index (χ2n) is 4.12. The van der Waals surface area contributed by atoms with Crippen molar-refractivity contribution in [3.8, 4) is 10.4 Å². The van der Waals surface area contributed by atoms with Gasteiger partial charge in [0.15, 0.2) is 0 Å². The Morgan fingerprint density at radius 3 is 2.44 bits per heavy atom. The van der Waals surface area contributed by atoms with Crippen LogP contribution in [0.4, 0.5) is 0 Å². The van der Waals surface area contributed by atoms with Gasteiger partial charge in [0.1, 0.15) is 0 Å². The van der Waals surface area contributed by atoms with E-state index in [1.165, 1.54) is 26.4 Å². The van der Waals surface area contributed by atoms with Gasteiger partial charge >= 0.3 is 0 Å². The Balaban J connectivity index is 2.36. The average molecular weight is 231 g/mol. The van der Waals surface area contributed by atoms with E-state index in [1.807, 2.05) is 18.4 Å². The van der Waals surface area contributed by atoms with Gasteiger partial charge in [0.05, 0.1) is 0 Å². The van der Waals surface area contributed by atoms with Crippen LogP contribution >= 0.6 is 11.3 Å². The van der Waals surface area contributed by atoms with Crippen LogP contribution in [0.5, 0.6) is 0 Å². The molecular weight excluding hydrogens is 214 g/mol. The van der Waals surface area contributed by atoms with Crippen LogP contribution in [0.25, 0.3) is 10.4 Å². The first kappa shape index (κ1) is 11.4. The number of rotatable bonds is 3. The molecule has 0 saturated heterocycles. The quantitative estimate of drug-likeness (QED) is 0.848. The Labute approximate surface area is 101 Å². The molecule has 16 heavy (non-hydrogen) atoms. The van der Waals surface area contributed by atoms with Crippen molar-refractivity contribution in [3.63, 3.8) is 0 Å². The van der Waals surface area contributed by atoms with Crippen molar-refractivity contribution in [1.29, 1.82) is 0 Å². The molecule has 0 unspecified atom stereocenters. The Kier molecular flexibility index (Phi) is 3.42. The molecule has 0 atom stereocenters. The minimum absolute atomic E-state index is 0.956. The molecular formula is C14H17NS. The van der Waals surface area contributed by atoms with Gasteiger partial charge in [0.25, 0.3) is 0 Å². The first-order valence-electron chi connectivity index (χ1n) is 5.51. The Bertz CT molecular complexity index is 468. The fraction of sp³-hybridized carbons (Fsp3) is 0.286. The molecule has 0 aliphatic carbocycles. The number of nitrogens with one attached hydrogen (secondary N) is 1. The monoisotopic (exact) mass is 231 g/mol. The average Bonchev–Trinajstić information content (AvgIpc) is 2.61. The summed E-state index contributed by atoms with van der Waals surface area (Å²) in [4.78, 5) is 2.79. The zero-order chi connectivity index (χ0) is 11.5. The molecule has 0 fully saturated rings. The lowest BCUT2D eigenvalue weighted by Crippen LogP contribution is -2.02. The topological polar surface area (TPSA) is 12.0 Å². The van der Waals surface area contributed by atoms with E-state index in [0.29, 0.717) is 0 Å². The van der Waals surface area contributed by atoms with E-state index in [9.17, 15) is 0 Å². The molecule has 2 aromatic rings. The van der Waals surface area contributed by atoms with Crippen molar-refractivity contribution in [2.75, 3.05) is 7.05 Å². The number of thiophene rings is 1. The standard InChI is InChI=1S/C14H17NS/c1-10-4-6-12(7-5-10)14-11(2)8-13(16-14)9-15-3/h4-8,15H,9H2,1-3H3. The molecule has 2 heteroatoms. The van der Waals surface area contributed by atoms with E-state index in [2.05, 4.69) is 49.5 Å². The van der Waals surface area contributed by atoms with E-state index in [0.717, 1.165) is 6.54 Å². The van der Waals surface area contributed by atoms with Crippen LogP contribution in [0.2, 0.25) is 0 Å². The van der Waals surface area contributed by atoms with Crippen LogP contribution in [0.15, 0.2) is 30.3 Å². The van der Waals surface area contributed by atoms with Crippen LogP contribution in [0.3, 0.4) is 0 Å². The highest BCUT2D eigenvalue weighted by Crippen LogP contribution is 2.32. The van der Waals surface area contributed by atoms with Gasteiger partial charge in [-0.15, -0.1) is 11.3 Å². The van der Waals surface area contributed by atoms with Gasteiger partial charge in [-0.05, 0) is 38.1 Å². The SMILES string of the molecule is CNCc1cc(C)c(-c2ccc(C)cc2)s1. The summed E-state index contributed by atoms with van der Waals surface area (Å²) in [5, 5.41) is 3.20. The molecule has 1 nitrogen and oxygen atoms in total. The Morgan fingerprint density at radius 1 is 1.12 bits per heavy atom. The van der Waals surface area contributed by atoms with Crippen molar-refractivity contribution in [1.82, 2.24) is 5.32 Å². The summed E-state index contributed by atoms with van der Waals surface area (Å²) in [5.74, 6) is 0. The van der Waals surface area contributed by atoms with Gasteiger partial charge in [-0.25, -0.2) is 0 Å². The zero-order valence-corrected chi connectivity index (χ0v) is 10.8. The molecule has 1 N–H and O–H groups in total. The number of aryl methyl sites for hydroxylation is 2. The predicted molar refractivity (Wildman–Crippen MR) is 72.0 cm³/mol. The molecule has 0 aliphatic rings. The predicted octanol–water partition coefficient (Wildman–Crippen LogP) is 3.75. The summed E-state index contributed by atoms with van der Waals surface area (Å²) >= 11 is 1.88. The maximum atomic E-state index is 3.20. The van der Waals surface area contributed by atoms with Crippen molar-refractivity contribution in [3.05, 3.63) is 46.3 Å². The first-order chi connectivity index (χ1) is 7.70. The molecule has 0 spiro atoms. The van der Waals surface area contributed by atoms with E-state index < -0.39 is 0 Å². The van der Waals surface area contributed by atoms with Crippen LogP contribution in [0, 0.1) is 13.8 Å². The molecule has 1 aromatic carbocycles. The molecule has 0 saturated carbocycles. The largest absolute Gasteiger partial charge is 0.315 e. The lowest BCUT2D eigenvalue weighted by atomic mass is 10.1. The molecule has 1 heterocycles. The highest BCUT2D eigenvalue weighted by Gasteiger charge is 2.06. The first-order valence-corrected chi connectivity index (χ1v) is 6.33. The van der Waals surface area contributed by atoms with Crippen molar-refractivity contribution in [2.24, 2.45) is 0 Å². The summed E-state index contributed by atoms with van der Waals surface area (Å²) < 4.78 is 0. The van der Waals surface area contributed by atoms with Crippen molar-refractivity contribution >= 4 is 11.3 Å². The molecule has 2 rings (SSSR count). The molecule has 0 amide bonds. The molecule has 0 radical (unpaired) electrons. The fourth-order valence-corrected chi connectivity index (χ4v) is 2.99. The van der Waals surface area contributed by atoms with Gasteiger partial charge in [0, 0.05) is 16.3 Å². The van der Waals surface area contributed by atoms with E-state index in [-0.39, 0.29) is 0 Å². The van der Waals surface area contributed by atoms with Gasteiger partial charge in [-0.2, -0.15) is 0 Å². The lowest BCUT2D eigenvalue weighted by Gasteiger charge is -2.00. The normalized spacial score (nSPS) is 10.7. The lowest BCUT2D eigenvalue weighted by molar-refractivity contribution is 0.831. The van der Waals surface area contributed by atoms with E-state index in [1.54, 1.807) is 0 Å². The highest BCUT2D eigenvalue weighted by molar-refractivity contribution is 7.15. The van der Waals surface area contributed by atoms with Crippen LogP contribution < -0.4 is 5.32 Å². The van der Waals surface area contributed by atoms with E-state index >= 15 is 0 Å².